The normalized spacial score (nSPS) is 20.4. The summed E-state index contributed by atoms with van der Waals surface area (Å²) < 4.78 is 11.1. The lowest BCUT2D eigenvalue weighted by atomic mass is 9.96. The van der Waals surface area contributed by atoms with Gasteiger partial charge in [-0.25, -0.2) is 0 Å². The molecule has 1 saturated heterocycles. The molecule has 1 aliphatic heterocycles. The van der Waals surface area contributed by atoms with Gasteiger partial charge in [0.05, 0.1) is 13.2 Å². The van der Waals surface area contributed by atoms with Crippen molar-refractivity contribution in [2.75, 3.05) is 13.7 Å². The van der Waals surface area contributed by atoms with E-state index in [1.54, 1.807) is 7.11 Å². The maximum Gasteiger partial charge on any atom is 0.122 e. The van der Waals surface area contributed by atoms with E-state index in [0.717, 1.165) is 18.8 Å². The predicted molar refractivity (Wildman–Crippen MR) is 65.0 cm³/mol. The Labute approximate surface area is 97.6 Å². The van der Waals surface area contributed by atoms with E-state index >= 15 is 0 Å². The first-order chi connectivity index (χ1) is 7.72. The SMILES string of the molecule is COc1ccc(C2CCCO2)cc1C(C)C. The average molecular weight is 220 g/mol. The van der Waals surface area contributed by atoms with E-state index in [0.29, 0.717) is 12.0 Å². The van der Waals surface area contributed by atoms with Gasteiger partial charge in [0.15, 0.2) is 0 Å². The highest BCUT2D eigenvalue weighted by Gasteiger charge is 2.19. The minimum Gasteiger partial charge on any atom is -0.496 e. The van der Waals surface area contributed by atoms with E-state index in [1.165, 1.54) is 17.5 Å². The molecule has 2 nitrogen and oxygen atoms in total. The van der Waals surface area contributed by atoms with Crippen molar-refractivity contribution in [1.29, 1.82) is 0 Å². The molecule has 0 spiro atoms. The quantitative estimate of drug-likeness (QED) is 0.773. The molecule has 1 aromatic rings. The summed E-state index contributed by atoms with van der Waals surface area (Å²) in [5.74, 6) is 1.47. The second kappa shape index (κ2) is 4.88. The molecule has 1 aliphatic rings. The molecule has 2 heteroatoms. The van der Waals surface area contributed by atoms with Crippen molar-refractivity contribution in [2.24, 2.45) is 0 Å². The molecule has 88 valence electrons. The van der Waals surface area contributed by atoms with Crippen molar-refractivity contribution in [3.63, 3.8) is 0 Å². The number of hydrogen-bond acceptors (Lipinski definition) is 2. The van der Waals surface area contributed by atoms with Crippen LogP contribution in [0.1, 0.15) is 49.8 Å². The predicted octanol–water partition coefficient (Wildman–Crippen LogP) is 3.67. The zero-order chi connectivity index (χ0) is 11.5. The Morgan fingerprint density at radius 1 is 1.38 bits per heavy atom. The summed E-state index contributed by atoms with van der Waals surface area (Å²) in [5.41, 5.74) is 2.57. The summed E-state index contributed by atoms with van der Waals surface area (Å²) in [6.07, 6.45) is 2.61. The first-order valence-corrected chi connectivity index (χ1v) is 6.02. The fraction of sp³-hybridized carbons (Fsp3) is 0.571. The highest BCUT2D eigenvalue weighted by molar-refractivity contribution is 5.40. The summed E-state index contributed by atoms with van der Waals surface area (Å²) in [6.45, 7) is 5.28. The molecule has 0 saturated carbocycles. The molecule has 1 atom stereocenters. The summed E-state index contributed by atoms with van der Waals surface area (Å²) in [6, 6.07) is 6.42. The van der Waals surface area contributed by atoms with Crippen molar-refractivity contribution >= 4 is 0 Å². The molecule has 0 amide bonds. The van der Waals surface area contributed by atoms with Crippen LogP contribution < -0.4 is 4.74 Å². The van der Waals surface area contributed by atoms with Crippen molar-refractivity contribution in [3.05, 3.63) is 29.3 Å². The van der Waals surface area contributed by atoms with Gasteiger partial charge in [-0.15, -0.1) is 0 Å². The van der Waals surface area contributed by atoms with E-state index in [1.807, 2.05) is 0 Å². The van der Waals surface area contributed by atoms with E-state index in [-0.39, 0.29) is 0 Å². The monoisotopic (exact) mass is 220 g/mol. The molecular weight excluding hydrogens is 200 g/mol. The van der Waals surface area contributed by atoms with Crippen LogP contribution in [0.25, 0.3) is 0 Å². The largest absolute Gasteiger partial charge is 0.496 e. The number of rotatable bonds is 3. The van der Waals surface area contributed by atoms with Gasteiger partial charge >= 0.3 is 0 Å². The summed E-state index contributed by atoms with van der Waals surface area (Å²) in [4.78, 5) is 0. The molecule has 16 heavy (non-hydrogen) atoms. The number of methoxy groups -OCH3 is 1. The van der Waals surface area contributed by atoms with E-state index in [4.69, 9.17) is 9.47 Å². The minimum atomic E-state index is 0.295. The van der Waals surface area contributed by atoms with Crippen molar-refractivity contribution in [1.82, 2.24) is 0 Å². The second-order valence-corrected chi connectivity index (χ2v) is 4.66. The first kappa shape index (κ1) is 11.5. The third-order valence-electron chi connectivity index (χ3n) is 3.18. The Bertz CT molecular complexity index is 352. The van der Waals surface area contributed by atoms with Crippen LogP contribution in [-0.4, -0.2) is 13.7 Å². The van der Waals surface area contributed by atoms with Gasteiger partial charge in [0.25, 0.3) is 0 Å². The second-order valence-electron chi connectivity index (χ2n) is 4.66. The van der Waals surface area contributed by atoms with Crippen LogP contribution >= 0.6 is 0 Å². The zero-order valence-electron chi connectivity index (χ0n) is 10.3. The lowest BCUT2D eigenvalue weighted by molar-refractivity contribution is 0.112. The van der Waals surface area contributed by atoms with Gasteiger partial charge in [-0.3, -0.25) is 0 Å². The van der Waals surface area contributed by atoms with Crippen molar-refractivity contribution in [3.8, 4) is 5.75 Å². The zero-order valence-corrected chi connectivity index (χ0v) is 10.3. The molecule has 2 rings (SSSR count). The number of ether oxygens (including phenoxy) is 2. The Balaban J connectivity index is 2.30. The van der Waals surface area contributed by atoms with Crippen LogP contribution in [0.3, 0.4) is 0 Å². The number of benzene rings is 1. The number of hydrogen-bond donors (Lipinski definition) is 0. The van der Waals surface area contributed by atoms with Crippen molar-refractivity contribution < 1.29 is 9.47 Å². The summed E-state index contributed by atoms with van der Waals surface area (Å²) >= 11 is 0. The van der Waals surface area contributed by atoms with Gasteiger partial charge in [0.1, 0.15) is 5.75 Å². The van der Waals surface area contributed by atoms with Crippen LogP contribution in [-0.2, 0) is 4.74 Å². The highest BCUT2D eigenvalue weighted by Crippen LogP contribution is 2.34. The summed E-state index contributed by atoms with van der Waals surface area (Å²) in [7, 11) is 1.73. The van der Waals surface area contributed by atoms with Gasteiger partial charge in [0, 0.05) is 6.61 Å². The fourth-order valence-corrected chi connectivity index (χ4v) is 2.24. The van der Waals surface area contributed by atoms with Crippen LogP contribution in [0.4, 0.5) is 0 Å². The molecule has 0 aromatic heterocycles. The average Bonchev–Trinajstić information content (AvgIpc) is 2.81. The molecule has 1 unspecified atom stereocenters. The maximum atomic E-state index is 5.71. The van der Waals surface area contributed by atoms with Gasteiger partial charge in [-0.1, -0.05) is 19.9 Å². The lowest BCUT2D eigenvalue weighted by Gasteiger charge is -2.16. The summed E-state index contributed by atoms with van der Waals surface area (Å²) in [5, 5.41) is 0. The molecule has 0 aliphatic carbocycles. The van der Waals surface area contributed by atoms with Gasteiger partial charge in [-0.05, 0) is 42.0 Å². The molecule has 1 heterocycles. The van der Waals surface area contributed by atoms with Crippen LogP contribution in [0, 0.1) is 0 Å². The Morgan fingerprint density at radius 3 is 2.75 bits per heavy atom. The van der Waals surface area contributed by atoms with E-state index in [2.05, 4.69) is 32.0 Å². The Kier molecular flexibility index (Phi) is 3.49. The van der Waals surface area contributed by atoms with Gasteiger partial charge < -0.3 is 9.47 Å². The van der Waals surface area contributed by atoms with E-state index < -0.39 is 0 Å². The third-order valence-corrected chi connectivity index (χ3v) is 3.18. The van der Waals surface area contributed by atoms with Crippen molar-refractivity contribution in [2.45, 2.75) is 38.7 Å². The molecule has 0 N–H and O–H groups in total. The third kappa shape index (κ3) is 2.22. The van der Waals surface area contributed by atoms with Crippen LogP contribution in [0.5, 0.6) is 5.75 Å². The topological polar surface area (TPSA) is 18.5 Å². The fourth-order valence-electron chi connectivity index (χ4n) is 2.24. The minimum absolute atomic E-state index is 0.295. The smallest absolute Gasteiger partial charge is 0.122 e. The van der Waals surface area contributed by atoms with Crippen LogP contribution in [0.15, 0.2) is 18.2 Å². The standard InChI is InChI=1S/C14H20O2/c1-10(2)12-9-11(6-7-14(12)15-3)13-5-4-8-16-13/h6-7,9-10,13H,4-5,8H2,1-3H3. The van der Waals surface area contributed by atoms with E-state index in [9.17, 15) is 0 Å². The lowest BCUT2D eigenvalue weighted by Crippen LogP contribution is -2.00. The molecule has 1 aromatic carbocycles. The first-order valence-electron chi connectivity index (χ1n) is 6.02. The Hall–Kier alpha value is -1.02. The van der Waals surface area contributed by atoms with Gasteiger partial charge in [-0.2, -0.15) is 0 Å². The molecule has 0 bridgehead atoms. The molecule has 1 fully saturated rings. The maximum absolute atomic E-state index is 5.71. The van der Waals surface area contributed by atoms with Crippen LogP contribution in [0.2, 0.25) is 0 Å². The molecule has 0 radical (unpaired) electrons. The molecular formula is C14H20O2. The van der Waals surface area contributed by atoms with Gasteiger partial charge in [0.2, 0.25) is 0 Å². The Morgan fingerprint density at radius 2 is 2.19 bits per heavy atom. The highest BCUT2D eigenvalue weighted by atomic mass is 16.5.